The summed E-state index contributed by atoms with van der Waals surface area (Å²) in [6.45, 7) is 2.46. The Morgan fingerprint density at radius 1 is 1.05 bits per heavy atom. The molecule has 0 radical (unpaired) electrons. The molecule has 0 saturated carbocycles. The number of carbonyl (C=O) groups is 2. The zero-order valence-electron chi connectivity index (χ0n) is 12.2. The molecule has 2 aromatic carbocycles. The summed E-state index contributed by atoms with van der Waals surface area (Å²) in [6, 6.07) is 15.5. The van der Waals surface area contributed by atoms with Gasteiger partial charge in [-0.2, -0.15) is 0 Å². The van der Waals surface area contributed by atoms with Crippen LogP contribution in [0.15, 0.2) is 54.6 Å². The van der Waals surface area contributed by atoms with Crippen molar-refractivity contribution in [3.05, 3.63) is 65.7 Å². The molecule has 0 spiro atoms. The second kappa shape index (κ2) is 7.26. The van der Waals surface area contributed by atoms with E-state index in [-0.39, 0.29) is 12.2 Å². The molecule has 0 aliphatic rings. The summed E-state index contributed by atoms with van der Waals surface area (Å²) in [7, 11) is 0. The molecule has 1 amide bonds. The van der Waals surface area contributed by atoms with Crippen molar-refractivity contribution < 1.29 is 19.4 Å². The molecule has 0 aliphatic heterocycles. The number of aromatic carboxylic acids is 1. The number of hydrogen-bond donors (Lipinski definition) is 1. The van der Waals surface area contributed by atoms with Crippen LogP contribution in [-0.4, -0.2) is 23.7 Å². The molecule has 5 heteroatoms. The van der Waals surface area contributed by atoms with Gasteiger partial charge in [-0.15, -0.1) is 0 Å². The Kier molecular flexibility index (Phi) is 5.14. The van der Waals surface area contributed by atoms with Crippen LogP contribution in [0.1, 0.15) is 22.8 Å². The lowest BCUT2D eigenvalue weighted by atomic mass is 10.2. The summed E-state index contributed by atoms with van der Waals surface area (Å²) in [5.74, 6) is -0.999. The molecule has 2 aromatic rings. The van der Waals surface area contributed by atoms with Crippen molar-refractivity contribution in [3.8, 4) is 0 Å². The molecule has 22 heavy (non-hydrogen) atoms. The molecule has 0 saturated heterocycles. The minimum absolute atomic E-state index is 0.178. The predicted molar refractivity (Wildman–Crippen MR) is 83.0 cm³/mol. The van der Waals surface area contributed by atoms with Crippen LogP contribution in [-0.2, 0) is 11.3 Å². The van der Waals surface area contributed by atoms with E-state index in [1.54, 1.807) is 12.1 Å². The van der Waals surface area contributed by atoms with E-state index in [0.717, 1.165) is 5.56 Å². The quantitative estimate of drug-likeness (QED) is 0.917. The SMILES string of the molecule is CCN(C(=O)OCc1ccccc1)c1ccc(C(=O)O)cc1. The molecule has 0 bridgehead atoms. The van der Waals surface area contributed by atoms with Gasteiger partial charge in [0.05, 0.1) is 5.56 Å². The van der Waals surface area contributed by atoms with Crippen molar-refractivity contribution in [3.63, 3.8) is 0 Å². The highest BCUT2D eigenvalue weighted by atomic mass is 16.6. The van der Waals surface area contributed by atoms with Crippen molar-refractivity contribution in [2.45, 2.75) is 13.5 Å². The molecular formula is C17H17NO4. The predicted octanol–water partition coefficient (Wildman–Crippen LogP) is 3.55. The number of carbonyl (C=O) groups excluding carboxylic acids is 1. The Bertz CT molecular complexity index is 637. The Hall–Kier alpha value is -2.82. The maximum Gasteiger partial charge on any atom is 0.414 e. The molecule has 2 rings (SSSR count). The molecule has 0 fully saturated rings. The lowest BCUT2D eigenvalue weighted by molar-refractivity contribution is 0.0697. The molecule has 1 N–H and O–H groups in total. The van der Waals surface area contributed by atoms with E-state index in [9.17, 15) is 9.59 Å². The smallest absolute Gasteiger partial charge is 0.414 e. The van der Waals surface area contributed by atoms with Gasteiger partial charge in [-0.3, -0.25) is 4.90 Å². The third-order valence-electron chi connectivity index (χ3n) is 3.17. The van der Waals surface area contributed by atoms with Crippen LogP contribution >= 0.6 is 0 Å². The highest BCUT2D eigenvalue weighted by Gasteiger charge is 2.16. The average molecular weight is 299 g/mol. The fourth-order valence-electron chi connectivity index (χ4n) is 2.00. The summed E-state index contributed by atoms with van der Waals surface area (Å²) in [4.78, 5) is 24.4. The van der Waals surface area contributed by atoms with Gasteiger partial charge in [-0.1, -0.05) is 30.3 Å². The molecule has 114 valence electrons. The van der Waals surface area contributed by atoms with Crippen LogP contribution in [0.3, 0.4) is 0 Å². The fourth-order valence-corrected chi connectivity index (χ4v) is 2.00. The molecule has 0 atom stereocenters. The number of nitrogens with zero attached hydrogens (tertiary/aromatic N) is 1. The number of benzene rings is 2. The van der Waals surface area contributed by atoms with Crippen LogP contribution in [0.5, 0.6) is 0 Å². The Morgan fingerprint density at radius 2 is 1.68 bits per heavy atom. The number of carboxylic acid groups (broad SMARTS) is 1. The first kappa shape index (κ1) is 15.6. The summed E-state index contributed by atoms with van der Waals surface area (Å²) < 4.78 is 5.28. The standard InChI is InChI=1S/C17H17NO4/c1-2-18(15-10-8-14(9-11-15)16(19)20)17(21)22-12-13-6-4-3-5-7-13/h3-11H,2,12H2,1H3,(H,19,20). The highest BCUT2D eigenvalue weighted by Crippen LogP contribution is 2.17. The van der Waals surface area contributed by atoms with E-state index >= 15 is 0 Å². The van der Waals surface area contributed by atoms with Crippen LogP contribution in [0.25, 0.3) is 0 Å². The minimum atomic E-state index is -0.999. The number of ether oxygens (including phenoxy) is 1. The summed E-state index contributed by atoms with van der Waals surface area (Å²) >= 11 is 0. The van der Waals surface area contributed by atoms with Crippen molar-refractivity contribution in [1.82, 2.24) is 0 Å². The lowest BCUT2D eigenvalue weighted by Crippen LogP contribution is -2.31. The van der Waals surface area contributed by atoms with Gasteiger partial charge in [0.25, 0.3) is 0 Å². The third kappa shape index (κ3) is 3.85. The Labute approximate surface area is 128 Å². The van der Waals surface area contributed by atoms with Gasteiger partial charge in [-0.05, 0) is 36.8 Å². The number of hydrogen-bond acceptors (Lipinski definition) is 3. The van der Waals surface area contributed by atoms with E-state index in [0.29, 0.717) is 12.2 Å². The fraction of sp³-hybridized carbons (Fsp3) is 0.176. The number of carboxylic acids is 1. The Morgan fingerprint density at radius 3 is 2.23 bits per heavy atom. The third-order valence-corrected chi connectivity index (χ3v) is 3.17. The van der Waals surface area contributed by atoms with Crippen LogP contribution in [0.4, 0.5) is 10.5 Å². The van der Waals surface area contributed by atoms with Crippen LogP contribution in [0, 0.1) is 0 Å². The van der Waals surface area contributed by atoms with Gasteiger partial charge in [0, 0.05) is 12.2 Å². The topological polar surface area (TPSA) is 66.8 Å². The van der Waals surface area contributed by atoms with E-state index in [4.69, 9.17) is 9.84 Å². The van der Waals surface area contributed by atoms with Gasteiger partial charge < -0.3 is 9.84 Å². The normalized spacial score (nSPS) is 10.0. The minimum Gasteiger partial charge on any atom is -0.478 e. The second-order valence-electron chi connectivity index (χ2n) is 4.64. The first-order chi connectivity index (χ1) is 10.6. The van der Waals surface area contributed by atoms with Gasteiger partial charge >= 0.3 is 12.1 Å². The van der Waals surface area contributed by atoms with Gasteiger partial charge in [0.15, 0.2) is 0 Å². The molecular weight excluding hydrogens is 282 g/mol. The van der Waals surface area contributed by atoms with Crippen molar-refractivity contribution in [1.29, 1.82) is 0 Å². The van der Waals surface area contributed by atoms with Crippen molar-refractivity contribution in [2.24, 2.45) is 0 Å². The summed E-state index contributed by atoms with van der Waals surface area (Å²) in [6.07, 6.45) is -0.463. The summed E-state index contributed by atoms with van der Waals surface area (Å²) in [5.41, 5.74) is 1.69. The first-order valence-electron chi connectivity index (χ1n) is 6.93. The average Bonchev–Trinajstić information content (AvgIpc) is 2.55. The van der Waals surface area contributed by atoms with Crippen LogP contribution in [0.2, 0.25) is 0 Å². The van der Waals surface area contributed by atoms with Crippen LogP contribution < -0.4 is 4.90 Å². The molecule has 0 heterocycles. The van der Waals surface area contributed by atoms with E-state index in [2.05, 4.69) is 0 Å². The number of anilines is 1. The molecule has 0 unspecified atom stereocenters. The largest absolute Gasteiger partial charge is 0.478 e. The maximum atomic E-state index is 12.2. The monoisotopic (exact) mass is 299 g/mol. The zero-order valence-corrected chi connectivity index (χ0v) is 12.2. The van der Waals surface area contributed by atoms with E-state index in [1.165, 1.54) is 17.0 Å². The molecule has 0 aliphatic carbocycles. The second-order valence-corrected chi connectivity index (χ2v) is 4.64. The van der Waals surface area contributed by atoms with Gasteiger partial charge in [-0.25, -0.2) is 9.59 Å². The van der Waals surface area contributed by atoms with Gasteiger partial charge in [0.2, 0.25) is 0 Å². The highest BCUT2D eigenvalue weighted by molar-refractivity contribution is 5.90. The number of rotatable bonds is 5. The van der Waals surface area contributed by atoms with E-state index in [1.807, 2.05) is 37.3 Å². The first-order valence-corrected chi connectivity index (χ1v) is 6.93. The zero-order chi connectivity index (χ0) is 15.9. The van der Waals surface area contributed by atoms with Crippen molar-refractivity contribution >= 4 is 17.7 Å². The molecule has 0 aromatic heterocycles. The summed E-state index contributed by atoms with van der Waals surface area (Å²) in [5, 5.41) is 8.89. The molecule has 5 nitrogen and oxygen atoms in total. The van der Waals surface area contributed by atoms with E-state index < -0.39 is 12.1 Å². The number of amides is 1. The lowest BCUT2D eigenvalue weighted by Gasteiger charge is -2.20. The van der Waals surface area contributed by atoms with Crippen molar-refractivity contribution in [2.75, 3.05) is 11.4 Å². The maximum absolute atomic E-state index is 12.2. The Balaban J connectivity index is 2.03. The van der Waals surface area contributed by atoms with Gasteiger partial charge in [0.1, 0.15) is 6.61 Å².